The number of thiophene rings is 1. The standard InChI is InChI=1S/C16H17FN2OS.ClH/c17-12-5-3-11(4-6-12)14-7-8-15(21-14)16(20)19-13(9-18)10-1-2-10;/h3-8,10,13H,1-2,9,18H2,(H,19,20);1H. The van der Waals surface area contributed by atoms with E-state index < -0.39 is 0 Å². The molecule has 118 valence electrons. The van der Waals surface area contributed by atoms with E-state index in [2.05, 4.69) is 5.32 Å². The zero-order valence-electron chi connectivity index (χ0n) is 11.9. The second-order valence-corrected chi connectivity index (χ2v) is 6.41. The summed E-state index contributed by atoms with van der Waals surface area (Å²) in [5.41, 5.74) is 6.62. The number of hydrogen-bond donors (Lipinski definition) is 2. The van der Waals surface area contributed by atoms with Crippen LogP contribution in [0.1, 0.15) is 22.5 Å². The molecule has 3 N–H and O–H groups in total. The normalized spacial score (nSPS) is 15.0. The minimum atomic E-state index is -0.261. The summed E-state index contributed by atoms with van der Waals surface area (Å²) in [6, 6.07) is 10.1. The smallest absolute Gasteiger partial charge is 0.261 e. The van der Waals surface area contributed by atoms with Crippen molar-refractivity contribution in [3.8, 4) is 10.4 Å². The van der Waals surface area contributed by atoms with Gasteiger partial charge in [-0.2, -0.15) is 0 Å². The van der Waals surface area contributed by atoms with Crippen LogP contribution in [0.3, 0.4) is 0 Å². The first kappa shape index (κ1) is 16.9. The molecule has 3 nitrogen and oxygen atoms in total. The van der Waals surface area contributed by atoms with Crippen molar-refractivity contribution in [1.29, 1.82) is 0 Å². The molecule has 0 saturated heterocycles. The lowest BCUT2D eigenvalue weighted by atomic mass is 10.2. The molecule has 1 amide bonds. The van der Waals surface area contributed by atoms with E-state index in [1.807, 2.05) is 6.07 Å². The monoisotopic (exact) mass is 340 g/mol. The van der Waals surface area contributed by atoms with Crippen LogP contribution in [-0.2, 0) is 0 Å². The molecule has 0 bridgehead atoms. The lowest BCUT2D eigenvalue weighted by Gasteiger charge is -2.15. The van der Waals surface area contributed by atoms with Gasteiger partial charge in [0.05, 0.1) is 4.88 Å². The number of halogens is 2. The van der Waals surface area contributed by atoms with Gasteiger partial charge in [-0.1, -0.05) is 12.1 Å². The molecule has 1 unspecified atom stereocenters. The first-order valence-electron chi connectivity index (χ1n) is 7.04. The van der Waals surface area contributed by atoms with Crippen LogP contribution in [0.25, 0.3) is 10.4 Å². The van der Waals surface area contributed by atoms with Gasteiger partial charge in [-0.3, -0.25) is 4.79 Å². The Bertz CT molecular complexity index is 640. The number of rotatable bonds is 5. The number of carbonyl (C=O) groups is 1. The zero-order valence-corrected chi connectivity index (χ0v) is 13.6. The number of carbonyl (C=O) groups excluding carboxylic acids is 1. The highest BCUT2D eigenvalue weighted by Crippen LogP contribution is 2.33. The summed E-state index contributed by atoms with van der Waals surface area (Å²) in [6.07, 6.45) is 2.29. The lowest BCUT2D eigenvalue weighted by molar-refractivity contribution is 0.0937. The van der Waals surface area contributed by atoms with Crippen LogP contribution in [0.2, 0.25) is 0 Å². The molecule has 6 heteroatoms. The maximum absolute atomic E-state index is 12.9. The Morgan fingerprint density at radius 3 is 2.55 bits per heavy atom. The fourth-order valence-corrected chi connectivity index (χ4v) is 3.25. The van der Waals surface area contributed by atoms with Crippen molar-refractivity contribution in [3.63, 3.8) is 0 Å². The van der Waals surface area contributed by atoms with Crippen LogP contribution in [0.5, 0.6) is 0 Å². The molecule has 0 aliphatic heterocycles. The largest absolute Gasteiger partial charge is 0.347 e. The minimum absolute atomic E-state index is 0. The van der Waals surface area contributed by atoms with Gasteiger partial charge >= 0.3 is 0 Å². The van der Waals surface area contributed by atoms with E-state index in [1.54, 1.807) is 18.2 Å². The number of amides is 1. The molecule has 1 aliphatic carbocycles. The van der Waals surface area contributed by atoms with Gasteiger partial charge < -0.3 is 11.1 Å². The van der Waals surface area contributed by atoms with E-state index in [-0.39, 0.29) is 30.2 Å². The van der Waals surface area contributed by atoms with Crippen molar-refractivity contribution in [2.24, 2.45) is 11.7 Å². The molecular formula is C16H18ClFN2OS. The number of benzene rings is 1. The molecular weight excluding hydrogens is 323 g/mol. The molecule has 0 spiro atoms. The highest BCUT2D eigenvalue weighted by atomic mass is 35.5. The van der Waals surface area contributed by atoms with Crippen molar-refractivity contribution in [1.82, 2.24) is 5.32 Å². The Morgan fingerprint density at radius 1 is 1.27 bits per heavy atom. The predicted molar refractivity (Wildman–Crippen MR) is 90.0 cm³/mol. The highest BCUT2D eigenvalue weighted by molar-refractivity contribution is 7.17. The third-order valence-electron chi connectivity index (χ3n) is 3.72. The number of hydrogen-bond acceptors (Lipinski definition) is 3. The summed E-state index contributed by atoms with van der Waals surface area (Å²) in [5, 5.41) is 3.01. The van der Waals surface area contributed by atoms with Gasteiger partial charge in [-0.05, 0) is 48.6 Å². The summed E-state index contributed by atoms with van der Waals surface area (Å²) < 4.78 is 12.9. The van der Waals surface area contributed by atoms with E-state index >= 15 is 0 Å². The van der Waals surface area contributed by atoms with Crippen molar-refractivity contribution in [2.75, 3.05) is 6.54 Å². The number of nitrogens with one attached hydrogen (secondary N) is 1. The highest BCUT2D eigenvalue weighted by Gasteiger charge is 2.31. The van der Waals surface area contributed by atoms with Crippen molar-refractivity contribution in [3.05, 3.63) is 47.1 Å². The quantitative estimate of drug-likeness (QED) is 0.876. The fourth-order valence-electron chi connectivity index (χ4n) is 2.34. The van der Waals surface area contributed by atoms with Crippen molar-refractivity contribution >= 4 is 29.7 Å². The van der Waals surface area contributed by atoms with Gasteiger partial charge in [0, 0.05) is 17.5 Å². The molecule has 1 saturated carbocycles. The molecule has 3 rings (SSSR count). The van der Waals surface area contributed by atoms with Gasteiger partial charge in [0.25, 0.3) is 5.91 Å². The molecule has 1 fully saturated rings. The Hall–Kier alpha value is -1.43. The Morgan fingerprint density at radius 2 is 1.95 bits per heavy atom. The van der Waals surface area contributed by atoms with Crippen LogP contribution < -0.4 is 11.1 Å². The summed E-state index contributed by atoms with van der Waals surface area (Å²) in [6.45, 7) is 0.479. The molecule has 2 aromatic rings. The van der Waals surface area contributed by atoms with Crippen LogP contribution in [0.4, 0.5) is 4.39 Å². The van der Waals surface area contributed by atoms with Crippen LogP contribution >= 0.6 is 23.7 Å². The maximum Gasteiger partial charge on any atom is 0.261 e. The SMILES string of the molecule is Cl.NCC(NC(=O)c1ccc(-c2ccc(F)cc2)s1)C1CC1. The Labute approximate surface area is 139 Å². The zero-order chi connectivity index (χ0) is 14.8. The second kappa shape index (κ2) is 7.22. The van der Waals surface area contributed by atoms with E-state index in [0.29, 0.717) is 17.3 Å². The Kier molecular flexibility index (Phi) is 5.56. The van der Waals surface area contributed by atoms with Crippen LogP contribution in [0, 0.1) is 11.7 Å². The first-order valence-corrected chi connectivity index (χ1v) is 7.85. The van der Waals surface area contributed by atoms with Crippen molar-refractivity contribution < 1.29 is 9.18 Å². The molecule has 1 atom stereocenters. The molecule has 22 heavy (non-hydrogen) atoms. The number of nitrogens with two attached hydrogens (primary N) is 1. The van der Waals surface area contributed by atoms with Crippen molar-refractivity contribution in [2.45, 2.75) is 18.9 Å². The molecule has 0 radical (unpaired) electrons. The van der Waals surface area contributed by atoms with Crippen LogP contribution in [-0.4, -0.2) is 18.5 Å². The van der Waals surface area contributed by atoms with Gasteiger partial charge in [-0.15, -0.1) is 23.7 Å². The first-order chi connectivity index (χ1) is 10.2. The minimum Gasteiger partial charge on any atom is -0.347 e. The summed E-state index contributed by atoms with van der Waals surface area (Å²) in [5.74, 6) is 0.203. The van der Waals surface area contributed by atoms with Gasteiger partial charge in [0.1, 0.15) is 5.82 Å². The maximum atomic E-state index is 12.9. The third kappa shape index (κ3) is 3.85. The fraction of sp³-hybridized carbons (Fsp3) is 0.312. The van der Waals surface area contributed by atoms with Gasteiger partial charge in [0.2, 0.25) is 0 Å². The van der Waals surface area contributed by atoms with Gasteiger partial charge in [0.15, 0.2) is 0 Å². The topological polar surface area (TPSA) is 55.1 Å². The predicted octanol–water partition coefficient (Wildman–Crippen LogP) is 3.44. The molecule has 1 aliphatic rings. The van der Waals surface area contributed by atoms with E-state index in [1.165, 1.54) is 23.5 Å². The summed E-state index contributed by atoms with van der Waals surface area (Å²) in [7, 11) is 0. The average Bonchev–Trinajstić information content (AvgIpc) is 3.21. The molecule has 1 aromatic carbocycles. The summed E-state index contributed by atoms with van der Waals surface area (Å²) in [4.78, 5) is 13.8. The summed E-state index contributed by atoms with van der Waals surface area (Å²) >= 11 is 1.41. The average molecular weight is 341 g/mol. The second-order valence-electron chi connectivity index (χ2n) is 5.32. The van der Waals surface area contributed by atoms with E-state index in [4.69, 9.17) is 5.73 Å². The molecule has 1 aromatic heterocycles. The Balaban J connectivity index is 0.00000176. The van der Waals surface area contributed by atoms with E-state index in [9.17, 15) is 9.18 Å². The molecule has 1 heterocycles. The lowest BCUT2D eigenvalue weighted by Crippen LogP contribution is -2.41. The van der Waals surface area contributed by atoms with E-state index in [0.717, 1.165) is 23.3 Å². The third-order valence-corrected chi connectivity index (χ3v) is 4.85. The van der Waals surface area contributed by atoms with Crippen LogP contribution in [0.15, 0.2) is 36.4 Å². The van der Waals surface area contributed by atoms with Gasteiger partial charge in [-0.25, -0.2) is 4.39 Å².